The summed E-state index contributed by atoms with van der Waals surface area (Å²) in [6.45, 7) is 5.78. The first-order valence-electron chi connectivity index (χ1n) is 6.90. The summed E-state index contributed by atoms with van der Waals surface area (Å²) in [4.78, 5) is 14.2. The normalized spacial score (nSPS) is 23.2. The summed E-state index contributed by atoms with van der Waals surface area (Å²) in [5.74, 6) is 0.144. The van der Waals surface area contributed by atoms with Crippen LogP contribution in [-0.2, 0) is 9.53 Å². The van der Waals surface area contributed by atoms with Crippen molar-refractivity contribution in [2.24, 2.45) is 0 Å². The van der Waals surface area contributed by atoms with Crippen molar-refractivity contribution >= 4 is 11.6 Å². The van der Waals surface area contributed by atoms with Crippen molar-refractivity contribution in [2.45, 2.75) is 32.4 Å². The van der Waals surface area contributed by atoms with Gasteiger partial charge in [-0.3, -0.25) is 4.79 Å². The molecule has 1 N–H and O–H groups in total. The number of amides is 1. The predicted octanol–water partition coefficient (Wildman–Crippen LogP) is 2.12. The molecule has 1 fully saturated rings. The molecule has 4 heteroatoms. The first kappa shape index (κ1) is 13.9. The minimum absolute atomic E-state index is 0.128. The lowest BCUT2D eigenvalue weighted by Gasteiger charge is -2.38. The fourth-order valence-electron chi connectivity index (χ4n) is 2.32. The van der Waals surface area contributed by atoms with Crippen molar-refractivity contribution in [1.82, 2.24) is 4.90 Å². The van der Waals surface area contributed by atoms with Crippen LogP contribution in [0.25, 0.3) is 0 Å². The Morgan fingerprint density at radius 2 is 2.16 bits per heavy atom. The van der Waals surface area contributed by atoms with Crippen LogP contribution in [0.5, 0.6) is 0 Å². The molecule has 1 saturated heterocycles. The summed E-state index contributed by atoms with van der Waals surface area (Å²) in [5, 5.41) is 3.17. The largest absolute Gasteiger partial charge is 0.376 e. The monoisotopic (exact) mass is 262 g/mol. The Morgan fingerprint density at radius 1 is 1.42 bits per heavy atom. The predicted molar refractivity (Wildman–Crippen MR) is 76.1 cm³/mol. The average Bonchev–Trinajstić information content (AvgIpc) is 2.46. The van der Waals surface area contributed by atoms with Crippen LogP contribution < -0.4 is 5.32 Å². The van der Waals surface area contributed by atoms with Gasteiger partial charge in [0.2, 0.25) is 5.91 Å². The van der Waals surface area contributed by atoms with Gasteiger partial charge in [0.05, 0.1) is 25.3 Å². The second-order valence-corrected chi connectivity index (χ2v) is 4.97. The Labute approximate surface area is 114 Å². The smallest absolute Gasteiger partial charge is 0.242 e. The van der Waals surface area contributed by atoms with Crippen LogP contribution >= 0.6 is 0 Å². The molecule has 0 aromatic heterocycles. The number of ether oxygens (including phenoxy) is 1. The van der Waals surface area contributed by atoms with Gasteiger partial charge in [0, 0.05) is 12.2 Å². The quantitative estimate of drug-likeness (QED) is 0.903. The molecule has 0 radical (unpaired) electrons. The number of hydrogen-bond donors (Lipinski definition) is 1. The van der Waals surface area contributed by atoms with E-state index in [0.717, 1.165) is 12.1 Å². The highest BCUT2D eigenvalue weighted by molar-refractivity contribution is 5.81. The van der Waals surface area contributed by atoms with Gasteiger partial charge in [0.25, 0.3) is 0 Å². The first-order chi connectivity index (χ1) is 9.20. The Morgan fingerprint density at radius 3 is 2.84 bits per heavy atom. The van der Waals surface area contributed by atoms with Crippen LogP contribution in [0.4, 0.5) is 5.69 Å². The number of benzene rings is 1. The molecular formula is C15H22N2O2. The number of carbonyl (C=O) groups is 1. The van der Waals surface area contributed by atoms with Gasteiger partial charge in [-0.25, -0.2) is 0 Å². The van der Waals surface area contributed by atoms with E-state index in [9.17, 15) is 4.79 Å². The van der Waals surface area contributed by atoms with Crippen LogP contribution in [-0.4, -0.2) is 42.6 Å². The van der Waals surface area contributed by atoms with Crippen molar-refractivity contribution in [2.75, 3.05) is 25.0 Å². The zero-order chi connectivity index (χ0) is 13.7. The van der Waals surface area contributed by atoms with Crippen molar-refractivity contribution in [1.29, 1.82) is 0 Å². The Kier molecular flexibility index (Phi) is 4.80. The standard InChI is InChI=1S/C15H22N2O2/c1-3-14-11-19-12(2)10-17(14)15(18)9-16-13-7-5-4-6-8-13/h4-8,12,14,16H,3,9-11H2,1-2H3. The molecule has 0 aliphatic carbocycles. The van der Waals surface area contributed by atoms with Gasteiger partial charge in [-0.2, -0.15) is 0 Å². The van der Waals surface area contributed by atoms with Gasteiger partial charge in [-0.05, 0) is 25.5 Å². The van der Waals surface area contributed by atoms with Crippen LogP contribution in [0.1, 0.15) is 20.3 Å². The molecule has 1 amide bonds. The van der Waals surface area contributed by atoms with E-state index in [-0.39, 0.29) is 18.1 Å². The van der Waals surface area contributed by atoms with E-state index < -0.39 is 0 Å². The number of para-hydroxylation sites is 1. The maximum absolute atomic E-state index is 12.3. The average molecular weight is 262 g/mol. The van der Waals surface area contributed by atoms with Gasteiger partial charge in [0.1, 0.15) is 0 Å². The van der Waals surface area contributed by atoms with E-state index in [1.165, 1.54) is 0 Å². The number of morpholine rings is 1. The van der Waals surface area contributed by atoms with E-state index in [1.807, 2.05) is 42.2 Å². The number of anilines is 1. The van der Waals surface area contributed by atoms with E-state index in [0.29, 0.717) is 19.7 Å². The molecule has 2 rings (SSSR count). The van der Waals surface area contributed by atoms with Crippen LogP contribution in [0.15, 0.2) is 30.3 Å². The SMILES string of the molecule is CCC1COC(C)CN1C(=O)CNc1ccccc1. The lowest BCUT2D eigenvalue weighted by Crippen LogP contribution is -2.52. The molecule has 0 saturated carbocycles. The molecule has 1 aliphatic rings. The Hall–Kier alpha value is -1.55. The lowest BCUT2D eigenvalue weighted by molar-refractivity contribution is -0.142. The van der Waals surface area contributed by atoms with Crippen molar-refractivity contribution in [3.63, 3.8) is 0 Å². The minimum atomic E-state index is 0.128. The van der Waals surface area contributed by atoms with Crippen molar-refractivity contribution in [3.8, 4) is 0 Å². The topological polar surface area (TPSA) is 41.6 Å². The maximum Gasteiger partial charge on any atom is 0.242 e. The van der Waals surface area contributed by atoms with Gasteiger partial charge >= 0.3 is 0 Å². The summed E-state index contributed by atoms with van der Waals surface area (Å²) >= 11 is 0. The number of carbonyl (C=O) groups excluding carboxylic acids is 1. The van der Waals surface area contributed by atoms with E-state index in [4.69, 9.17) is 4.74 Å². The number of hydrogen-bond acceptors (Lipinski definition) is 3. The van der Waals surface area contributed by atoms with Crippen molar-refractivity contribution in [3.05, 3.63) is 30.3 Å². The van der Waals surface area contributed by atoms with Gasteiger partial charge in [-0.15, -0.1) is 0 Å². The zero-order valence-electron chi connectivity index (χ0n) is 11.6. The fraction of sp³-hybridized carbons (Fsp3) is 0.533. The highest BCUT2D eigenvalue weighted by atomic mass is 16.5. The second-order valence-electron chi connectivity index (χ2n) is 4.97. The van der Waals surface area contributed by atoms with E-state index in [2.05, 4.69) is 12.2 Å². The number of rotatable bonds is 4. The highest BCUT2D eigenvalue weighted by Gasteiger charge is 2.28. The summed E-state index contributed by atoms with van der Waals surface area (Å²) < 4.78 is 5.61. The highest BCUT2D eigenvalue weighted by Crippen LogP contribution is 2.15. The Balaban J connectivity index is 1.90. The molecule has 1 aromatic carbocycles. The zero-order valence-corrected chi connectivity index (χ0v) is 11.6. The molecule has 2 atom stereocenters. The maximum atomic E-state index is 12.3. The summed E-state index contributed by atoms with van der Waals surface area (Å²) in [5.41, 5.74) is 0.977. The summed E-state index contributed by atoms with van der Waals surface area (Å²) in [6.07, 6.45) is 1.06. The molecule has 4 nitrogen and oxygen atoms in total. The molecule has 1 aliphatic heterocycles. The van der Waals surface area contributed by atoms with Gasteiger partial charge < -0.3 is 15.0 Å². The summed E-state index contributed by atoms with van der Waals surface area (Å²) in [6, 6.07) is 10.0. The molecule has 2 unspecified atom stereocenters. The molecule has 104 valence electrons. The van der Waals surface area contributed by atoms with E-state index in [1.54, 1.807) is 0 Å². The number of nitrogens with zero attached hydrogens (tertiary/aromatic N) is 1. The minimum Gasteiger partial charge on any atom is -0.376 e. The summed E-state index contributed by atoms with van der Waals surface area (Å²) in [7, 11) is 0. The first-order valence-corrected chi connectivity index (χ1v) is 6.90. The number of nitrogens with one attached hydrogen (secondary N) is 1. The van der Waals surface area contributed by atoms with Crippen LogP contribution in [0, 0.1) is 0 Å². The van der Waals surface area contributed by atoms with Gasteiger partial charge in [0.15, 0.2) is 0 Å². The third kappa shape index (κ3) is 3.70. The van der Waals surface area contributed by atoms with Crippen LogP contribution in [0.2, 0.25) is 0 Å². The lowest BCUT2D eigenvalue weighted by atomic mass is 10.1. The van der Waals surface area contributed by atoms with Gasteiger partial charge in [-0.1, -0.05) is 25.1 Å². The second kappa shape index (κ2) is 6.57. The molecule has 1 heterocycles. The molecule has 0 bridgehead atoms. The van der Waals surface area contributed by atoms with E-state index >= 15 is 0 Å². The molecule has 19 heavy (non-hydrogen) atoms. The Bertz CT molecular complexity index is 408. The molecular weight excluding hydrogens is 240 g/mol. The third-order valence-electron chi connectivity index (χ3n) is 3.48. The third-order valence-corrected chi connectivity index (χ3v) is 3.48. The van der Waals surface area contributed by atoms with Crippen LogP contribution in [0.3, 0.4) is 0 Å². The molecule has 1 aromatic rings. The van der Waals surface area contributed by atoms with Crippen molar-refractivity contribution < 1.29 is 9.53 Å². The fourth-order valence-corrected chi connectivity index (χ4v) is 2.32. The molecule has 0 spiro atoms.